The van der Waals surface area contributed by atoms with Gasteiger partial charge in [0.1, 0.15) is 17.3 Å². The Morgan fingerprint density at radius 2 is 2.26 bits per heavy atom. The SMILES string of the molecule is N#CCc1[nH]nc(NC(=O)Cc2cn3ccccc3n2)c1C#N. The summed E-state index contributed by atoms with van der Waals surface area (Å²) >= 11 is 0. The molecule has 0 bridgehead atoms. The molecule has 0 spiro atoms. The highest BCUT2D eigenvalue weighted by Gasteiger charge is 2.16. The number of pyridine rings is 1. The van der Waals surface area contributed by atoms with Crippen molar-refractivity contribution in [3.05, 3.63) is 47.5 Å². The van der Waals surface area contributed by atoms with Gasteiger partial charge in [0.25, 0.3) is 0 Å². The van der Waals surface area contributed by atoms with Crippen molar-refractivity contribution < 1.29 is 4.79 Å². The van der Waals surface area contributed by atoms with Gasteiger partial charge in [0, 0.05) is 12.4 Å². The van der Waals surface area contributed by atoms with Crippen molar-refractivity contribution in [1.82, 2.24) is 19.6 Å². The van der Waals surface area contributed by atoms with Crippen LogP contribution in [-0.2, 0) is 17.6 Å². The number of carbonyl (C=O) groups is 1. The lowest BCUT2D eigenvalue weighted by atomic mass is 10.2. The van der Waals surface area contributed by atoms with E-state index in [4.69, 9.17) is 10.5 Å². The summed E-state index contributed by atoms with van der Waals surface area (Å²) in [5.41, 5.74) is 1.93. The summed E-state index contributed by atoms with van der Waals surface area (Å²) in [6.07, 6.45) is 3.70. The fraction of sp³-hybridized carbons (Fsp3) is 0.133. The lowest BCUT2D eigenvalue weighted by Gasteiger charge is -2.00. The number of aromatic amines is 1. The number of aromatic nitrogens is 4. The normalized spacial score (nSPS) is 10.2. The number of hydrogen-bond acceptors (Lipinski definition) is 5. The maximum atomic E-state index is 12.1. The number of carbonyl (C=O) groups excluding carboxylic acids is 1. The highest BCUT2D eigenvalue weighted by molar-refractivity contribution is 5.92. The maximum Gasteiger partial charge on any atom is 0.231 e. The number of hydrogen-bond donors (Lipinski definition) is 2. The number of imidazole rings is 1. The van der Waals surface area contributed by atoms with Gasteiger partial charge in [-0.1, -0.05) is 6.07 Å². The number of nitrogens with one attached hydrogen (secondary N) is 2. The minimum atomic E-state index is -0.333. The third-order valence-corrected chi connectivity index (χ3v) is 3.22. The molecule has 0 radical (unpaired) electrons. The van der Waals surface area contributed by atoms with Crippen molar-refractivity contribution in [3.8, 4) is 12.1 Å². The number of anilines is 1. The fourth-order valence-corrected chi connectivity index (χ4v) is 2.21. The lowest BCUT2D eigenvalue weighted by Crippen LogP contribution is -2.15. The summed E-state index contributed by atoms with van der Waals surface area (Å²) in [5.74, 6) is -0.202. The first-order valence-corrected chi connectivity index (χ1v) is 6.78. The van der Waals surface area contributed by atoms with Gasteiger partial charge >= 0.3 is 0 Å². The number of nitrogens with zero attached hydrogens (tertiary/aromatic N) is 5. The molecule has 0 saturated heterocycles. The Morgan fingerprint density at radius 1 is 1.39 bits per heavy atom. The van der Waals surface area contributed by atoms with E-state index in [2.05, 4.69) is 20.5 Å². The van der Waals surface area contributed by atoms with Crippen molar-refractivity contribution >= 4 is 17.4 Å². The van der Waals surface area contributed by atoms with E-state index in [0.717, 1.165) is 5.65 Å². The zero-order chi connectivity index (χ0) is 16.2. The first-order chi connectivity index (χ1) is 11.2. The van der Waals surface area contributed by atoms with Crippen LogP contribution in [0.4, 0.5) is 5.82 Å². The van der Waals surface area contributed by atoms with E-state index in [1.165, 1.54) is 0 Å². The highest BCUT2D eigenvalue weighted by atomic mass is 16.1. The Bertz CT molecular complexity index is 921. The van der Waals surface area contributed by atoms with E-state index in [0.29, 0.717) is 11.4 Å². The second-order valence-electron chi connectivity index (χ2n) is 4.80. The van der Waals surface area contributed by atoms with Crippen LogP contribution in [0.1, 0.15) is 17.0 Å². The molecule has 0 saturated carbocycles. The van der Waals surface area contributed by atoms with E-state index >= 15 is 0 Å². The van der Waals surface area contributed by atoms with Crippen LogP contribution in [0.25, 0.3) is 5.65 Å². The topological polar surface area (TPSA) is 123 Å². The molecule has 1 amide bonds. The predicted octanol–water partition coefficient (Wildman–Crippen LogP) is 1.18. The van der Waals surface area contributed by atoms with Crippen molar-refractivity contribution in [2.75, 3.05) is 5.32 Å². The molecule has 3 heterocycles. The number of fused-ring (bicyclic) bond motifs is 1. The second-order valence-corrected chi connectivity index (χ2v) is 4.80. The fourth-order valence-electron chi connectivity index (χ4n) is 2.21. The Hall–Kier alpha value is -3.65. The molecule has 0 fully saturated rings. The van der Waals surface area contributed by atoms with Crippen LogP contribution in [-0.4, -0.2) is 25.5 Å². The average Bonchev–Trinajstić information content (AvgIpc) is 3.10. The molecular weight excluding hydrogens is 294 g/mol. The quantitative estimate of drug-likeness (QED) is 0.749. The molecule has 3 aromatic heterocycles. The zero-order valence-electron chi connectivity index (χ0n) is 11.9. The maximum absolute atomic E-state index is 12.1. The molecular formula is C15H11N7O. The van der Waals surface area contributed by atoms with Gasteiger partial charge in [-0.2, -0.15) is 15.6 Å². The molecule has 8 heteroatoms. The van der Waals surface area contributed by atoms with Crippen molar-refractivity contribution in [2.24, 2.45) is 0 Å². The van der Waals surface area contributed by atoms with Gasteiger partial charge in [0.15, 0.2) is 5.82 Å². The van der Waals surface area contributed by atoms with E-state index in [1.54, 1.807) is 6.20 Å². The standard InChI is InChI=1S/C15H11N7O/c16-5-4-12-11(8-17)15(21-20-12)19-14(23)7-10-9-22-6-2-1-3-13(22)18-10/h1-3,6,9H,4,7H2,(H2,19,20,21,23). The minimum absolute atomic E-state index is 0.0260. The molecule has 0 aliphatic carbocycles. The van der Waals surface area contributed by atoms with Crippen LogP contribution >= 0.6 is 0 Å². The summed E-state index contributed by atoms with van der Waals surface area (Å²) in [6, 6.07) is 9.46. The first-order valence-electron chi connectivity index (χ1n) is 6.78. The summed E-state index contributed by atoms with van der Waals surface area (Å²) in [5, 5.41) is 26.8. The molecule has 3 rings (SSSR count). The van der Waals surface area contributed by atoms with Crippen LogP contribution in [0, 0.1) is 22.7 Å². The Kier molecular flexibility index (Phi) is 3.73. The summed E-state index contributed by atoms with van der Waals surface area (Å²) < 4.78 is 1.82. The zero-order valence-corrected chi connectivity index (χ0v) is 11.9. The van der Waals surface area contributed by atoms with E-state index in [-0.39, 0.29) is 30.1 Å². The van der Waals surface area contributed by atoms with Crippen LogP contribution < -0.4 is 5.32 Å². The third kappa shape index (κ3) is 2.87. The van der Waals surface area contributed by atoms with E-state index < -0.39 is 0 Å². The summed E-state index contributed by atoms with van der Waals surface area (Å²) in [6.45, 7) is 0. The average molecular weight is 305 g/mol. The number of nitriles is 2. The molecule has 3 aromatic rings. The summed E-state index contributed by atoms with van der Waals surface area (Å²) in [4.78, 5) is 16.4. The van der Waals surface area contributed by atoms with Crippen molar-refractivity contribution in [1.29, 1.82) is 10.5 Å². The molecule has 2 N–H and O–H groups in total. The van der Waals surface area contributed by atoms with Gasteiger partial charge in [-0.25, -0.2) is 4.98 Å². The summed E-state index contributed by atoms with van der Waals surface area (Å²) in [7, 11) is 0. The molecule has 0 unspecified atom stereocenters. The Morgan fingerprint density at radius 3 is 3.00 bits per heavy atom. The monoisotopic (exact) mass is 305 g/mol. The van der Waals surface area contributed by atoms with Gasteiger partial charge < -0.3 is 9.72 Å². The van der Waals surface area contributed by atoms with Gasteiger partial charge in [-0.05, 0) is 12.1 Å². The van der Waals surface area contributed by atoms with E-state index in [9.17, 15) is 4.79 Å². The lowest BCUT2D eigenvalue weighted by molar-refractivity contribution is -0.115. The third-order valence-electron chi connectivity index (χ3n) is 3.22. The molecule has 0 atom stereocenters. The minimum Gasteiger partial charge on any atom is -0.308 e. The molecule has 23 heavy (non-hydrogen) atoms. The first kappa shape index (κ1) is 14.3. The largest absolute Gasteiger partial charge is 0.308 e. The smallest absolute Gasteiger partial charge is 0.231 e. The number of amides is 1. The van der Waals surface area contributed by atoms with Gasteiger partial charge in [0.2, 0.25) is 5.91 Å². The van der Waals surface area contributed by atoms with Crippen LogP contribution in [0.2, 0.25) is 0 Å². The van der Waals surface area contributed by atoms with Gasteiger partial charge in [-0.3, -0.25) is 9.89 Å². The predicted molar refractivity (Wildman–Crippen MR) is 80.1 cm³/mol. The Balaban J connectivity index is 1.75. The van der Waals surface area contributed by atoms with Crippen LogP contribution in [0.3, 0.4) is 0 Å². The molecule has 0 aromatic carbocycles. The second kappa shape index (κ2) is 6.00. The van der Waals surface area contributed by atoms with Crippen LogP contribution in [0.15, 0.2) is 30.6 Å². The van der Waals surface area contributed by atoms with Crippen molar-refractivity contribution in [3.63, 3.8) is 0 Å². The number of H-pyrrole nitrogens is 1. The molecule has 0 aliphatic heterocycles. The molecule has 0 aliphatic rings. The van der Waals surface area contributed by atoms with Crippen molar-refractivity contribution in [2.45, 2.75) is 12.8 Å². The molecule has 8 nitrogen and oxygen atoms in total. The highest BCUT2D eigenvalue weighted by Crippen LogP contribution is 2.16. The van der Waals surface area contributed by atoms with Crippen LogP contribution in [0.5, 0.6) is 0 Å². The molecule has 112 valence electrons. The van der Waals surface area contributed by atoms with Gasteiger partial charge in [0.05, 0.1) is 30.3 Å². The number of rotatable bonds is 4. The Labute approximate surface area is 131 Å². The van der Waals surface area contributed by atoms with E-state index in [1.807, 2.05) is 40.9 Å². The van der Waals surface area contributed by atoms with Gasteiger partial charge in [-0.15, -0.1) is 0 Å².